The highest BCUT2D eigenvalue weighted by Gasteiger charge is 2.17. The van der Waals surface area contributed by atoms with Gasteiger partial charge in [-0.1, -0.05) is 0 Å². The number of carboxylic acid groups (broad SMARTS) is 1. The van der Waals surface area contributed by atoms with Gasteiger partial charge in [-0.05, 0) is 18.2 Å². The third kappa shape index (κ3) is 2.92. The van der Waals surface area contributed by atoms with E-state index in [1.54, 1.807) is 0 Å². The molecule has 0 bridgehead atoms. The number of hydrogen-bond acceptors (Lipinski definition) is 3. The van der Waals surface area contributed by atoms with Crippen molar-refractivity contribution in [1.29, 1.82) is 0 Å². The van der Waals surface area contributed by atoms with Gasteiger partial charge in [-0.2, -0.15) is 0 Å². The van der Waals surface area contributed by atoms with Crippen LogP contribution in [0.25, 0.3) is 0 Å². The maximum Gasteiger partial charge on any atom is 0.306 e. The number of carbonyl (C=O) groups is 1. The third-order valence-corrected chi connectivity index (χ3v) is 1.92. The second kappa shape index (κ2) is 4.75. The maximum atomic E-state index is 12.9. The Morgan fingerprint density at radius 2 is 2.27 bits per heavy atom. The van der Waals surface area contributed by atoms with Gasteiger partial charge in [-0.15, -0.1) is 0 Å². The summed E-state index contributed by atoms with van der Waals surface area (Å²) in [6.45, 7) is 0. The minimum atomic E-state index is -1.27. The predicted octanol–water partition coefficient (Wildman–Crippen LogP) is 1.34. The quantitative estimate of drug-likeness (QED) is 0.793. The molecule has 1 rings (SSSR count). The Kier molecular flexibility index (Phi) is 3.62. The van der Waals surface area contributed by atoms with Crippen molar-refractivity contribution in [3.8, 4) is 5.75 Å². The molecule has 15 heavy (non-hydrogen) atoms. The average Bonchev–Trinajstić information content (AvgIpc) is 2.16. The Labute approximate surface area is 85.9 Å². The molecule has 0 aliphatic carbocycles. The molecule has 4 nitrogen and oxygen atoms in total. The minimum absolute atomic E-state index is 0.139. The number of aliphatic carboxylic acids is 1. The zero-order chi connectivity index (χ0) is 11.4. The molecule has 0 aliphatic rings. The zero-order valence-electron chi connectivity index (χ0n) is 8.11. The molecular formula is C10H11FO4. The molecule has 2 N–H and O–H groups in total. The number of carboxylic acids is 1. The van der Waals surface area contributed by atoms with Crippen molar-refractivity contribution in [2.75, 3.05) is 7.11 Å². The van der Waals surface area contributed by atoms with E-state index >= 15 is 0 Å². The van der Waals surface area contributed by atoms with E-state index < -0.39 is 24.3 Å². The Balaban J connectivity index is 2.99. The van der Waals surface area contributed by atoms with Crippen molar-refractivity contribution >= 4 is 5.97 Å². The van der Waals surface area contributed by atoms with Crippen molar-refractivity contribution in [3.05, 3.63) is 29.6 Å². The van der Waals surface area contributed by atoms with Crippen LogP contribution in [0, 0.1) is 5.82 Å². The smallest absolute Gasteiger partial charge is 0.306 e. The van der Waals surface area contributed by atoms with E-state index in [9.17, 15) is 14.3 Å². The van der Waals surface area contributed by atoms with Gasteiger partial charge >= 0.3 is 5.97 Å². The van der Waals surface area contributed by atoms with Crippen LogP contribution in [0.15, 0.2) is 18.2 Å². The summed E-state index contributed by atoms with van der Waals surface area (Å²) >= 11 is 0. The Morgan fingerprint density at radius 1 is 1.60 bits per heavy atom. The standard InChI is InChI=1S/C10H11FO4/c1-15-9-3-2-6(11)4-7(9)8(12)5-10(13)14/h2-4,8,12H,5H2,1H3,(H,13,14)/t8-/m0/s1. The van der Waals surface area contributed by atoms with E-state index in [1.165, 1.54) is 19.2 Å². The number of halogens is 1. The molecule has 0 spiro atoms. The van der Waals surface area contributed by atoms with Crippen LogP contribution in [-0.4, -0.2) is 23.3 Å². The number of benzene rings is 1. The average molecular weight is 214 g/mol. The summed E-state index contributed by atoms with van der Waals surface area (Å²) in [5.74, 6) is -1.44. The summed E-state index contributed by atoms with van der Waals surface area (Å²) in [7, 11) is 1.37. The number of rotatable bonds is 4. The lowest BCUT2D eigenvalue weighted by Gasteiger charge is -2.12. The molecule has 5 heteroatoms. The number of ether oxygens (including phenoxy) is 1. The molecule has 1 atom stereocenters. The summed E-state index contributed by atoms with van der Waals surface area (Å²) in [5, 5.41) is 18.0. The van der Waals surface area contributed by atoms with Gasteiger partial charge in [0, 0.05) is 5.56 Å². The van der Waals surface area contributed by atoms with Gasteiger partial charge in [0.05, 0.1) is 19.6 Å². The molecule has 0 aliphatic heterocycles. The topological polar surface area (TPSA) is 66.8 Å². The van der Waals surface area contributed by atoms with Gasteiger partial charge in [0.25, 0.3) is 0 Å². The van der Waals surface area contributed by atoms with Crippen LogP contribution in [0.3, 0.4) is 0 Å². The summed E-state index contributed by atoms with van der Waals surface area (Å²) < 4.78 is 17.8. The fraction of sp³-hybridized carbons (Fsp3) is 0.300. The molecule has 0 heterocycles. The van der Waals surface area contributed by atoms with Gasteiger partial charge in [-0.3, -0.25) is 4.79 Å². The highest BCUT2D eigenvalue weighted by molar-refractivity contribution is 5.68. The molecular weight excluding hydrogens is 203 g/mol. The van der Waals surface area contributed by atoms with Crippen LogP contribution in [0.4, 0.5) is 4.39 Å². The SMILES string of the molecule is COc1ccc(F)cc1[C@@H](O)CC(=O)O. The van der Waals surface area contributed by atoms with Crippen molar-refractivity contribution in [1.82, 2.24) is 0 Å². The first-order valence-electron chi connectivity index (χ1n) is 4.28. The molecule has 0 saturated heterocycles. The largest absolute Gasteiger partial charge is 0.496 e. The maximum absolute atomic E-state index is 12.9. The van der Waals surface area contributed by atoms with Crippen LogP contribution in [0.2, 0.25) is 0 Å². The highest BCUT2D eigenvalue weighted by atomic mass is 19.1. The van der Waals surface area contributed by atoms with E-state index in [4.69, 9.17) is 9.84 Å². The summed E-state index contributed by atoms with van der Waals surface area (Å²) in [4.78, 5) is 10.4. The van der Waals surface area contributed by atoms with Crippen molar-refractivity contribution in [2.45, 2.75) is 12.5 Å². The normalized spacial score (nSPS) is 12.2. The van der Waals surface area contributed by atoms with Crippen LogP contribution >= 0.6 is 0 Å². The Hall–Kier alpha value is -1.62. The molecule has 0 fully saturated rings. The molecule has 1 aromatic carbocycles. The number of aliphatic hydroxyl groups is 1. The molecule has 0 radical (unpaired) electrons. The van der Waals surface area contributed by atoms with Crippen LogP contribution in [0.5, 0.6) is 5.75 Å². The lowest BCUT2D eigenvalue weighted by molar-refractivity contribution is -0.139. The first kappa shape index (κ1) is 11.5. The van der Waals surface area contributed by atoms with Crippen molar-refractivity contribution in [2.24, 2.45) is 0 Å². The molecule has 0 amide bonds. The highest BCUT2D eigenvalue weighted by Crippen LogP contribution is 2.27. The fourth-order valence-corrected chi connectivity index (χ4v) is 1.24. The first-order chi connectivity index (χ1) is 7.04. The molecule has 0 aromatic heterocycles. The van der Waals surface area contributed by atoms with Gasteiger partial charge in [0.1, 0.15) is 11.6 Å². The van der Waals surface area contributed by atoms with Gasteiger partial charge in [0.2, 0.25) is 0 Å². The van der Waals surface area contributed by atoms with Gasteiger partial charge in [-0.25, -0.2) is 4.39 Å². The summed E-state index contributed by atoms with van der Waals surface area (Å²) in [5.41, 5.74) is 0.139. The molecule has 82 valence electrons. The van der Waals surface area contributed by atoms with E-state index in [-0.39, 0.29) is 11.3 Å². The van der Waals surface area contributed by atoms with Crippen molar-refractivity contribution in [3.63, 3.8) is 0 Å². The zero-order valence-corrected chi connectivity index (χ0v) is 8.11. The first-order valence-corrected chi connectivity index (χ1v) is 4.28. The van der Waals surface area contributed by atoms with Gasteiger partial charge < -0.3 is 14.9 Å². The molecule has 1 aromatic rings. The van der Waals surface area contributed by atoms with Crippen molar-refractivity contribution < 1.29 is 24.1 Å². The summed E-state index contributed by atoms with van der Waals surface area (Å²) in [6.07, 6.45) is -1.76. The second-order valence-electron chi connectivity index (χ2n) is 3.00. The van der Waals surface area contributed by atoms with E-state index in [0.717, 1.165) is 6.07 Å². The molecule has 0 saturated carbocycles. The lowest BCUT2D eigenvalue weighted by atomic mass is 10.1. The predicted molar refractivity (Wildman–Crippen MR) is 50.2 cm³/mol. The van der Waals surface area contributed by atoms with Crippen LogP contribution < -0.4 is 4.74 Å². The Morgan fingerprint density at radius 3 is 2.80 bits per heavy atom. The number of methoxy groups -OCH3 is 1. The number of hydrogen-bond donors (Lipinski definition) is 2. The van der Waals surface area contributed by atoms with Gasteiger partial charge in [0.15, 0.2) is 0 Å². The minimum Gasteiger partial charge on any atom is -0.496 e. The van der Waals surface area contributed by atoms with E-state index in [1.807, 2.05) is 0 Å². The third-order valence-electron chi connectivity index (χ3n) is 1.92. The van der Waals surface area contributed by atoms with E-state index in [0.29, 0.717) is 0 Å². The van der Waals surface area contributed by atoms with Crippen LogP contribution in [-0.2, 0) is 4.79 Å². The van der Waals surface area contributed by atoms with E-state index in [2.05, 4.69) is 0 Å². The lowest BCUT2D eigenvalue weighted by Crippen LogP contribution is -2.07. The molecule has 0 unspecified atom stereocenters. The Bertz CT molecular complexity index is 364. The second-order valence-corrected chi connectivity index (χ2v) is 3.00. The number of aliphatic hydroxyl groups excluding tert-OH is 1. The van der Waals surface area contributed by atoms with Crippen LogP contribution in [0.1, 0.15) is 18.1 Å². The fourth-order valence-electron chi connectivity index (χ4n) is 1.24. The monoisotopic (exact) mass is 214 g/mol. The summed E-state index contributed by atoms with van der Waals surface area (Å²) in [6, 6.07) is 3.58.